The van der Waals surface area contributed by atoms with Crippen molar-refractivity contribution in [1.82, 2.24) is 14.5 Å². The third kappa shape index (κ3) is 3.26. The van der Waals surface area contributed by atoms with Crippen LogP contribution in [0.5, 0.6) is 11.5 Å². The fraction of sp³-hybridized carbons (Fsp3) is 0.381. The summed E-state index contributed by atoms with van der Waals surface area (Å²) in [6.45, 7) is 6.89. The molecule has 0 atom stereocenters. The normalized spacial score (nSPS) is 17.2. The van der Waals surface area contributed by atoms with Crippen molar-refractivity contribution in [1.29, 1.82) is 0 Å². The Morgan fingerprint density at radius 2 is 1.75 bits per heavy atom. The summed E-state index contributed by atoms with van der Waals surface area (Å²) in [6, 6.07) is 11.3. The maximum Gasteiger partial charge on any atom is 0.163 e. The summed E-state index contributed by atoms with van der Waals surface area (Å²) in [5.41, 5.74) is 2.49. The number of rotatable bonds is 4. The molecule has 1 saturated heterocycles. The van der Waals surface area contributed by atoms with Crippen molar-refractivity contribution in [3.63, 3.8) is 0 Å². The van der Waals surface area contributed by atoms with Crippen LogP contribution in [-0.2, 0) is 6.54 Å². The summed E-state index contributed by atoms with van der Waals surface area (Å²) in [4.78, 5) is 9.04. The molecule has 7 heteroatoms. The van der Waals surface area contributed by atoms with Gasteiger partial charge in [0.05, 0.1) is 11.8 Å². The molecule has 3 heterocycles. The standard InChI is InChI=1S/C21H23FN4O2/c22-17-2-1-3-18-21(17)23-15-26(18)11-8-24-6-9-25(10-7-24)16-4-5-19-20(14-16)28-13-12-27-19/h1-5,14-15H,6-13H2. The van der Waals surface area contributed by atoms with E-state index >= 15 is 0 Å². The Labute approximate surface area is 163 Å². The topological polar surface area (TPSA) is 42.8 Å². The summed E-state index contributed by atoms with van der Waals surface area (Å²) in [6.07, 6.45) is 1.74. The molecule has 1 aromatic heterocycles. The largest absolute Gasteiger partial charge is 0.486 e. The van der Waals surface area contributed by atoms with Crippen molar-refractivity contribution in [3.8, 4) is 11.5 Å². The molecule has 0 unspecified atom stereocenters. The van der Waals surface area contributed by atoms with Gasteiger partial charge in [-0.3, -0.25) is 4.90 Å². The molecule has 0 spiro atoms. The van der Waals surface area contributed by atoms with E-state index in [0.717, 1.165) is 56.3 Å². The van der Waals surface area contributed by atoms with Gasteiger partial charge in [-0.1, -0.05) is 6.07 Å². The van der Waals surface area contributed by atoms with E-state index < -0.39 is 0 Å². The molecule has 0 aliphatic carbocycles. The zero-order valence-electron chi connectivity index (χ0n) is 15.7. The second kappa shape index (κ2) is 7.31. The Morgan fingerprint density at radius 1 is 0.929 bits per heavy atom. The van der Waals surface area contributed by atoms with Gasteiger partial charge in [-0.25, -0.2) is 9.37 Å². The van der Waals surface area contributed by atoms with Crippen LogP contribution in [0.3, 0.4) is 0 Å². The van der Waals surface area contributed by atoms with Crippen molar-refractivity contribution in [2.75, 3.05) is 50.8 Å². The van der Waals surface area contributed by atoms with Gasteiger partial charge < -0.3 is 18.9 Å². The van der Waals surface area contributed by atoms with E-state index in [0.29, 0.717) is 18.7 Å². The lowest BCUT2D eigenvalue weighted by Gasteiger charge is -2.36. The maximum atomic E-state index is 13.8. The highest BCUT2D eigenvalue weighted by molar-refractivity contribution is 5.75. The molecule has 2 aliphatic heterocycles. The quantitative estimate of drug-likeness (QED) is 0.694. The van der Waals surface area contributed by atoms with Crippen LogP contribution in [0, 0.1) is 5.82 Å². The van der Waals surface area contributed by atoms with Gasteiger partial charge in [-0.15, -0.1) is 0 Å². The van der Waals surface area contributed by atoms with Gasteiger partial charge in [0.1, 0.15) is 18.7 Å². The first-order chi connectivity index (χ1) is 13.8. The highest BCUT2D eigenvalue weighted by atomic mass is 19.1. The molecule has 0 amide bonds. The maximum absolute atomic E-state index is 13.8. The summed E-state index contributed by atoms with van der Waals surface area (Å²) < 4.78 is 27.1. The van der Waals surface area contributed by atoms with Crippen LogP contribution in [0.1, 0.15) is 0 Å². The van der Waals surface area contributed by atoms with Crippen molar-refractivity contribution >= 4 is 16.7 Å². The first-order valence-electron chi connectivity index (χ1n) is 9.74. The average Bonchev–Trinajstić information content (AvgIpc) is 3.17. The Hall–Kier alpha value is -2.80. The minimum Gasteiger partial charge on any atom is -0.486 e. The lowest BCUT2D eigenvalue weighted by atomic mass is 10.2. The first kappa shape index (κ1) is 17.3. The van der Waals surface area contributed by atoms with Gasteiger partial charge in [0.15, 0.2) is 17.3 Å². The molecule has 0 bridgehead atoms. The molecule has 146 valence electrons. The predicted molar refractivity (Wildman–Crippen MR) is 106 cm³/mol. The van der Waals surface area contributed by atoms with E-state index in [-0.39, 0.29) is 5.82 Å². The van der Waals surface area contributed by atoms with Gasteiger partial charge in [0.25, 0.3) is 0 Å². The summed E-state index contributed by atoms with van der Waals surface area (Å²) in [5, 5.41) is 0. The van der Waals surface area contributed by atoms with Gasteiger partial charge in [0.2, 0.25) is 0 Å². The molecule has 5 rings (SSSR count). The number of piperazine rings is 1. The van der Waals surface area contributed by atoms with Gasteiger partial charge in [-0.05, 0) is 24.3 Å². The number of nitrogens with zero attached hydrogens (tertiary/aromatic N) is 4. The summed E-state index contributed by atoms with van der Waals surface area (Å²) >= 11 is 0. The van der Waals surface area contributed by atoms with Crippen LogP contribution in [0.2, 0.25) is 0 Å². The van der Waals surface area contributed by atoms with E-state index in [1.165, 1.54) is 11.8 Å². The molecule has 2 aliphatic rings. The fourth-order valence-corrected chi connectivity index (χ4v) is 3.94. The lowest BCUT2D eigenvalue weighted by Crippen LogP contribution is -2.47. The van der Waals surface area contributed by atoms with Crippen molar-refractivity contribution < 1.29 is 13.9 Å². The zero-order chi connectivity index (χ0) is 18.9. The number of imidazole rings is 1. The Morgan fingerprint density at radius 3 is 2.61 bits per heavy atom. The molecule has 0 radical (unpaired) electrons. The second-order valence-corrected chi connectivity index (χ2v) is 7.20. The Balaban J connectivity index is 1.19. The van der Waals surface area contributed by atoms with Gasteiger partial charge in [0, 0.05) is 51.0 Å². The first-order valence-corrected chi connectivity index (χ1v) is 9.74. The smallest absolute Gasteiger partial charge is 0.163 e. The number of ether oxygens (including phenoxy) is 2. The fourth-order valence-electron chi connectivity index (χ4n) is 3.94. The molecular weight excluding hydrogens is 359 g/mol. The van der Waals surface area contributed by atoms with Crippen molar-refractivity contribution in [3.05, 3.63) is 48.5 Å². The third-order valence-corrected chi connectivity index (χ3v) is 5.52. The van der Waals surface area contributed by atoms with E-state index in [9.17, 15) is 4.39 Å². The molecule has 2 aromatic carbocycles. The number of fused-ring (bicyclic) bond motifs is 2. The lowest BCUT2D eigenvalue weighted by molar-refractivity contribution is 0.171. The molecule has 1 fully saturated rings. The molecule has 0 saturated carbocycles. The second-order valence-electron chi connectivity index (χ2n) is 7.20. The predicted octanol–water partition coefficient (Wildman–Crippen LogP) is 2.77. The van der Waals surface area contributed by atoms with E-state index in [1.54, 1.807) is 12.4 Å². The number of anilines is 1. The van der Waals surface area contributed by atoms with Crippen LogP contribution in [-0.4, -0.2) is 60.4 Å². The average molecular weight is 382 g/mol. The van der Waals surface area contributed by atoms with E-state index in [4.69, 9.17) is 9.47 Å². The summed E-state index contributed by atoms with van der Waals surface area (Å²) in [7, 11) is 0. The van der Waals surface area contributed by atoms with E-state index in [2.05, 4.69) is 26.9 Å². The highest BCUT2D eigenvalue weighted by Gasteiger charge is 2.20. The SMILES string of the molecule is Fc1cccc2c1ncn2CCN1CCN(c2ccc3c(c2)OCCO3)CC1. The van der Waals surface area contributed by atoms with Crippen LogP contribution in [0.15, 0.2) is 42.7 Å². The van der Waals surface area contributed by atoms with E-state index in [1.807, 2.05) is 16.7 Å². The number of benzene rings is 2. The molecule has 28 heavy (non-hydrogen) atoms. The molecule has 0 N–H and O–H groups in total. The Kier molecular flexibility index (Phi) is 4.52. The zero-order valence-corrected chi connectivity index (χ0v) is 15.7. The minimum absolute atomic E-state index is 0.260. The van der Waals surface area contributed by atoms with Gasteiger partial charge in [-0.2, -0.15) is 0 Å². The highest BCUT2D eigenvalue weighted by Crippen LogP contribution is 2.34. The molecule has 6 nitrogen and oxygen atoms in total. The van der Waals surface area contributed by atoms with Crippen molar-refractivity contribution in [2.45, 2.75) is 6.54 Å². The minimum atomic E-state index is -0.260. The number of hydrogen-bond acceptors (Lipinski definition) is 5. The molecular formula is C21H23FN4O2. The third-order valence-electron chi connectivity index (χ3n) is 5.52. The van der Waals surface area contributed by atoms with Gasteiger partial charge >= 0.3 is 0 Å². The monoisotopic (exact) mass is 382 g/mol. The van der Waals surface area contributed by atoms with Crippen LogP contribution >= 0.6 is 0 Å². The van der Waals surface area contributed by atoms with Crippen LogP contribution in [0.4, 0.5) is 10.1 Å². The number of hydrogen-bond donors (Lipinski definition) is 0. The Bertz CT molecular complexity index is 982. The van der Waals surface area contributed by atoms with Crippen LogP contribution in [0.25, 0.3) is 11.0 Å². The van der Waals surface area contributed by atoms with Crippen LogP contribution < -0.4 is 14.4 Å². The summed E-state index contributed by atoms with van der Waals surface area (Å²) in [5.74, 6) is 1.41. The number of aromatic nitrogens is 2. The number of halogens is 1. The molecule has 3 aromatic rings. The van der Waals surface area contributed by atoms with Crippen molar-refractivity contribution in [2.24, 2.45) is 0 Å². The number of para-hydroxylation sites is 1.